The highest BCUT2D eigenvalue weighted by Crippen LogP contribution is 2.32. The largest absolute Gasteiger partial charge is 0.372 e. The second kappa shape index (κ2) is 8.64. The number of carbonyl (C=O) groups is 1. The van der Waals surface area contributed by atoms with Crippen molar-refractivity contribution in [2.75, 3.05) is 18.0 Å². The molecule has 29 heavy (non-hydrogen) atoms. The Morgan fingerprint density at radius 2 is 1.93 bits per heavy atom. The first-order chi connectivity index (χ1) is 14.0. The van der Waals surface area contributed by atoms with Gasteiger partial charge in [0.15, 0.2) is 5.17 Å². The summed E-state index contributed by atoms with van der Waals surface area (Å²) in [5.74, 6) is -0.118. The number of anilines is 1. The van der Waals surface area contributed by atoms with Crippen LogP contribution in [0.4, 0.5) is 11.4 Å². The first-order valence-corrected chi connectivity index (χ1v) is 11.1. The lowest BCUT2D eigenvalue weighted by Gasteiger charge is -2.29. The van der Waals surface area contributed by atoms with E-state index in [9.17, 15) is 4.79 Å². The van der Waals surface area contributed by atoms with Crippen molar-refractivity contribution >= 4 is 51.9 Å². The van der Waals surface area contributed by atoms with E-state index >= 15 is 0 Å². The van der Waals surface area contributed by atoms with E-state index in [1.54, 1.807) is 0 Å². The average Bonchev–Trinajstić information content (AvgIpc) is 3.06. The van der Waals surface area contributed by atoms with Crippen LogP contribution < -0.4 is 10.2 Å². The molecule has 2 heterocycles. The van der Waals surface area contributed by atoms with Crippen molar-refractivity contribution in [1.82, 2.24) is 5.32 Å². The molecule has 2 saturated heterocycles. The quantitative estimate of drug-likeness (QED) is 0.628. The van der Waals surface area contributed by atoms with Crippen LogP contribution in [0.5, 0.6) is 0 Å². The van der Waals surface area contributed by atoms with Gasteiger partial charge in [-0.05, 0) is 91.9 Å². The topological polar surface area (TPSA) is 44.7 Å². The third kappa shape index (κ3) is 4.51. The van der Waals surface area contributed by atoms with E-state index in [4.69, 9.17) is 11.6 Å². The molecule has 2 aromatic rings. The number of nitrogens with zero attached hydrogens (tertiary/aromatic N) is 2. The zero-order valence-electron chi connectivity index (χ0n) is 16.7. The number of nitrogens with one attached hydrogen (secondary N) is 1. The van der Waals surface area contributed by atoms with Gasteiger partial charge in [-0.1, -0.05) is 23.7 Å². The van der Waals surface area contributed by atoms with Crippen molar-refractivity contribution in [2.45, 2.75) is 33.1 Å². The minimum absolute atomic E-state index is 0.118. The van der Waals surface area contributed by atoms with Gasteiger partial charge >= 0.3 is 0 Å². The summed E-state index contributed by atoms with van der Waals surface area (Å²) in [5.41, 5.74) is 5.17. The Labute approximate surface area is 181 Å². The summed E-state index contributed by atoms with van der Waals surface area (Å²) in [5, 5.41) is 4.10. The van der Waals surface area contributed by atoms with Gasteiger partial charge in [0.2, 0.25) is 0 Å². The van der Waals surface area contributed by atoms with Gasteiger partial charge in [0.1, 0.15) is 0 Å². The highest BCUT2D eigenvalue weighted by Gasteiger charge is 2.24. The molecule has 2 fully saturated rings. The van der Waals surface area contributed by atoms with Gasteiger partial charge in [0, 0.05) is 23.8 Å². The number of halogens is 1. The summed E-state index contributed by atoms with van der Waals surface area (Å²) in [6, 6.07) is 12.1. The maximum atomic E-state index is 12.4. The molecule has 2 aliphatic rings. The van der Waals surface area contributed by atoms with Gasteiger partial charge < -0.3 is 10.2 Å². The summed E-state index contributed by atoms with van der Waals surface area (Å²) in [6.07, 6.45) is 5.79. The number of amidine groups is 1. The highest BCUT2D eigenvalue weighted by molar-refractivity contribution is 8.18. The molecule has 150 valence electrons. The first kappa shape index (κ1) is 20.0. The molecule has 0 aliphatic carbocycles. The average molecular weight is 426 g/mol. The number of hydrogen-bond acceptors (Lipinski definition) is 4. The Morgan fingerprint density at radius 1 is 1.14 bits per heavy atom. The Kier molecular flexibility index (Phi) is 5.97. The SMILES string of the molecule is Cc1cc(N2CCCCC2)ccc1/C=C1/SC(=Nc2cccc(Cl)c2C)NC1=O. The van der Waals surface area contributed by atoms with E-state index < -0.39 is 0 Å². The maximum absolute atomic E-state index is 12.4. The molecule has 0 spiro atoms. The fourth-order valence-corrected chi connectivity index (χ4v) is 4.61. The van der Waals surface area contributed by atoms with Gasteiger partial charge in [0.25, 0.3) is 5.91 Å². The van der Waals surface area contributed by atoms with Crippen LogP contribution in [-0.4, -0.2) is 24.2 Å². The van der Waals surface area contributed by atoms with Crippen LogP contribution in [-0.2, 0) is 4.79 Å². The molecule has 1 amide bonds. The monoisotopic (exact) mass is 425 g/mol. The number of thioether (sulfide) groups is 1. The zero-order chi connectivity index (χ0) is 20.4. The molecule has 0 bridgehead atoms. The van der Waals surface area contributed by atoms with Crippen molar-refractivity contribution in [3.8, 4) is 0 Å². The standard InChI is InChI=1S/C23H24ClN3OS/c1-15-13-18(27-11-4-3-5-12-27)10-9-17(15)14-21-22(28)26-23(29-21)25-20-8-6-7-19(24)16(20)2/h6-10,13-14H,3-5,11-12H2,1-2H3,(H,25,26,28)/b21-14+. The van der Waals surface area contributed by atoms with Crippen LogP contribution in [0.15, 0.2) is 46.3 Å². The maximum Gasteiger partial charge on any atom is 0.264 e. The predicted molar refractivity (Wildman–Crippen MR) is 124 cm³/mol. The molecule has 0 atom stereocenters. The Bertz CT molecular complexity index is 1010. The third-order valence-corrected chi connectivity index (χ3v) is 6.69. The van der Waals surface area contributed by atoms with Crippen LogP contribution in [0.2, 0.25) is 5.02 Å². The second-order valence-corrected chi connectivity index (χ2v) is 8.89. The number of rotatable bonds is 3. The summed E-state index contributed by atoms with van der Waals surface area (Å²) < 4.78 is 0. The van der Waals surface area contributed by atoms with Crippen LogP contribution in [0.3, 0.4) is 0 Å². The second-order valence-electron chi connectivity index (χ2n) is 7.45. The van der Waals surface area contributed by atoms with Crippen molar-refractivity contribution in [1.29, 1.82) is 0 Å². The molecule has 4 rings (SSSR count). The number of benzene rings is 2. The van der Waals surface area contributed by atoms with Crippen molar-refractivity contribution in [2.24, 2.45) is 4.99 Å². The summed E-state index contributed by atoms with van der Waals surface area (Å²) >= 11 is 7.53. The van der Waals surface area contributed by atoms with Crippen LogP contribution in [0, 0.1) is 13.8 Å². The summed E-state index contributed by atoms with van der Waals surface area (Å²) in [7, 11) is 0. The Morgan fingerprint density at radius 3 is 2.69 bits per heavy atom. The van der Waals surface area contributed by atoms with E-state index in [1.165, 1.54) is 42.3 Å². The predicted octanol–water partition coefficient (Wildman–Crippen LogP) is 5.84. The lowest BCUT2D eigenvalue weighted by Crippen LogP contribution is -2.29. The highest BCUT2D eigenvalue weighted by atomic mass is 35.5. The summed E-state index contributed by atoms with van der Waals surface area (Å²) in [6.45, 7) is 6.27. The molecule has 2 aromatic carbocycles. The van der Waals surface area contributed by atoms with Crippen molar-refractivity contribution in [3.05, 3.63) is 63.0 Å². The third-order valence-electron chi connectivity index (χ3n) is 5.37. The van der Waals surface area contributed by atoms with E-state index in [2.05, 4.69) is 40.3 Å². The fraction of sp³-hybridized carbons (Fsp3) is 0.304. The number of hydrogen-bond donors (Lipinski definition) is 1. The number of aliphatic imine (C=N–C) groups is 1. The first-order valence-electron chi connectivity index (χ1n) is 9.91. The van der Waals surface area contributed by atoms with E-state index in [0.717, 1.165) is 29.9 Å². The number of piperidine rings is 1. The number of aryl methyl sites for hydroxylation is 1. The van der Waals surface area contributed by atoms with Crippen molar-refractivity contribution < 1.29 is 4.79 Å². The molecule has 0 radical (unpaired) electrons. The lowest BCUT2D eigenvalue weighted by molar-refractivity contribution is -0.115. The van der Waals surface area contributed by atoms with Crippen molar-refractivity contribution in [3.63, 3.8) is 0 Å². The van der Waals surface area contributed by atoms with Gasteiger partial charge in [0.05, 0.1) is 10.6 Å². The normalized spacial score (nSPS) is 19.8. The Hall–Kier alpha value is -2.24. The van der Waals surface area contributed by atoms with Crippen LogP contribution in [0.25, 0.3) is 6.08 Å². The molecule has 6 heteroatoms. The van der Waals surface area contributed by atoms with E-state index in [1.807, 2.05) is 31.2 Å². The molecule has 1 N–H and O–H groups in total. The summed E-state index contributed by atoms with van der Waals surface area (Å²) in [4.78, 5) is 20.1. The molecule has 0 unspecified atom stereocenters. The van der Waals surface area contributed by atoms with Gasteiger partial charge in [-0.3, -0.25) is 4.79 Å². The zero-order valence-corrected chi connectivity index (χ0v) is 18.2. The minimum Gasteiger partial charge on any atom is -0.372 e. The Balaban J connectivity index is 1.54. The smallest absolute Gasteiger partial charge is 0.264 e. The van der Waals surface area contributed by atoms with E-state index in [0.29, 0.717) is 15.1 Å². The van der Waals surface area contributed by atoms with Gasteiger partial charge in [-0.2, -0.15) is 0 Å². The fourth-order valence-electron chi connectivity index (χ4n) is 3.62. The molecular formula is C23H24ClN3OS. The lowest BCUT2D eigenvalue weighted by atomic mass is 10.0. The van der Waals surface area contributed by atoms with Crippen LogP contribution >= 0.6 is 23.4 Å². The molecule has 0 saturated carbocycles. The minimum atomic E-state index is -0.118. The number of amides is 1. The van der Waals surface area contributed by atoms with Gasteiger partial charge in [-0.25, -0.2) is 4.99 Å². The molecular weight excluding hydrogens is 402 g/mol. The molecule has 4 nitrogen and oxygen atoms in total. The van der Waals surface area contributed by atoms with Crippen LogP contribution in [0.1, 0.15) is 36.0 Å². The van der Waals surface area contributed by atoms with Gasteiger partial charge in [-0.15, -0.1) is 0 Å². The molecule has 2 aliphatic heterocycles. The van der Waals surface area contributed by atoms with E-state index in [-0.39, 0.29) is 5.91 Å². The number of carbonyl (C=O) groups excluding carboxylic acids is 1. The molecule has 0 aromatic heterocycles.